The minimum Gasteiger partial charge on any atom is -0.452 e. The van der Waals surface area contributed by atoms with E-state index >= 15 is 0 Å². The third-order valence-corrected chi connectivity index (χ3v) is 8.79. The van der Waals surface area contributed by atoms with Crippen LogP contribution in [0.1, 0.15) is 84.4 Å². The van der Waals surface area contributed by atoms with Crippen molar-refractivity contribution in [2.75, 3.05) is 24.7 Å². The Morgan fingerprint density at radius 1 is 0.827 bits per heavy atom. The Kier molecular flexibility index (Phi) is 16.5. The number of benzene rings is 2. The minimum absolute atomic E-state index is 0.0112. The first-order valence-electron chi connectivity index (χ1n) is 17.9. The van der Waals surface area contributed by atoms with Crippen molar-refractivity contribution in [3.05, 3.63) is 71.3 Å². The fraction of sp³-hybridized carbons (Fsp3) is 0.564. The van der Waals surface area contributed by atoms with E-state index < -0.39 is 47.5 Å². The molecule has 1 fully saturated rings. The van der Waals surface area contributed by atoms with Gasteiger partial charge in [0.15, 0.2) is 11.9 Å². The highest BCUT2D eigenvalue weighted by Crippen LogP contribution is 2.18. The van der Waals surface area contributed by atoms with Gasteiger partial charge in [-0.15, -0.1) is 11.8 Å². The molecular formula is C39H56N4O8S. The van der Waals surface area contributed by atoms with Crippen LogP contribution in [0.15, 0.2) is 54.6 Å². The second kappa shape index (κ2) is 20.2. The largest absolute Gasteiger partial charge is 0.452 e. The quantitative estimate of drug-likeness (QED) is 0.107. The molecule has 3 N–H and O–H groups in total. The molecule has 52 heavy (non-hydrogen) atoms. The van der Waals surface area contributed by atoms with Crippen LogP contribution in [0.4, 0.5) is 9.59 Å². The van der Waals surface area contributed by atoms with Crippen LogP contribution in [0.3, 0.4) is 0 Å². The van der Waals surface area contributed by atoms with Crippen LogP contribution < -0.4 is 16.0 Å². The number of esters is 1. The van der Waals surface area contributed by atoms with Gasteiger partial charge in [0.2, 0.25) is 5.91 Å². The van der Waals surface area contributed by atoms with Crippen LogP contribution in [-0.2, 0) is 48.0 Å². The maximum atomic E-state index is 13.8. The van der Waals surface area contributed by atoms with Crippen LogP contribution >= 0.6 is 11.8 Å². The second-order valence-corrected chi connectivity index (χ2v) is 16.0. The predicted molar refractivity (Wildman–Crippen MR) is 202 cm³/mol. The highest BCUT2D eigenvalue weighted by Gasteiger charge is 2.34. The zero-order chi connectivity index (χ0) is 38.3. The van der Waals surface area contributed by atoms with E-state index in [1.165, 1.54) is 6.92 Å². The first-order valence-corrected chi connectivity index (χ1v) is 19.0. The number of carbonyl (C=O) groups excluding carboxylic acids is 5. The molecule has 2 aromatic carbocycles. The topological polar surface area (TPSA) is 152 Å². The molecule has 286 valence electrons. The zero-order valence-corrected chi connectivity index (χ0v) is 32.4. The van der Waals surface area contributed by atoms with Crippen molar-refractivity contribution >= 4 is 41.6 Å². The van der Waals surface area contributed by atoms with Gasteiger partial charge in [0, 0.05) is 32.2 Å². The van der Waals surface area contributed by atoms with Crippen molar-refractivity contribution in [2.24, 2.45) is 0 Å². The van der Waals surface area contributed by atoms with Gasteiger partial charge in [-0.2, -0.15) is 0 Å². The molecule has 0 aliphatic carbocycles. The molecule has 1 aliphatic rings. The summed E-state index contributed by atoms with van der Waals surface area (Å²) < 4.78 is 16.4. The lowest BCUT2D eigenvalue weighted by molar-refractivity contribution is -0.154. The van der Waals surface area contributed by atoms with E-state index in [0.29, 0.717) is 38.4 Å². The van der Waals surface area contributed by atoms with E-state index in [4.69, 9.17) is 14.2 Å². The SMILES string of the molecule is CC(=O)O[C@H](C(=O)Cc1cccc(CNCCCC[C@H](NC(=O)OC(C)(C)C)C(=O)N2CCSC2)c1)[C@@H](Cc1ccccc1)NC(=O)OC(C)(C)C. The number of hydrogen-bond acceptors (Lipinski definition) is 10. The molecule has 1 saturated heterocycles. The lowest BCUT2D eigenvalue weighted by Gasteiger charge is -2.28. The number of nitrogens with zero attached hydrogens (tertiary/aromatic N) is 1. The van der Waals surface area contributed by atoms with Gasteiger partial charge in [-0.25, -0.2) is 9.59 Å². The van der Waals surface area contributed by atoms with Gasteiger partial charge < -0.3 is 35.1 Å². The highest BCUT2D eigenvalue weighted by atomic mass is 32.2. The summed E-state index contributed by atoms with van der Waals surface area (Å²) in [5, 5.41) is 8.98. The number of ether oxygens (including phenoxy) is 3. The molecule has 3 amide bonds. The van der Waals surface area contributed by atoms with Gasteiger partial charge in [-0.05, 0) is 90.5 Å². The van der Waals surface area contributed by atoms with Crippen LogP contribution in [0.2, 0.25) is 0 Å². The Balaban J connectivity index is 1.58. The first kappa shape index (κ1) is 42.3. The summed E-state index contributed by atoms with van der Waals surface area (Å²) in [6, 6.07) is 15.4. The molecule has 0 aromatic heterocycles. The first-order chi connectivity index (χ1) is 24.5. The van der Waals surface area contributed by atoms with Crippen LogP contribution in [-0.4, -0.2) is 88.9 Å². The van der Waals surface area contributed by atoms with Crippen molar-refractivity contribution in [1.82, 2.24) is 20.9 Å². The molecule has 0 saturated carbocycles. The maximum absolute atomic E-state index is 13.8. The van der Waals surface area contributed by atoms with E-state index in [2.05, 4.69) is 16.0 Å². The number of thioether (sulfide) groups is 1. The van der Waals surface area contributed by atoms with Gasteiger partial charge >= 0.3 is 18.2 Å². The highest BCUT2D eigenvalue weighted by molar-refractivity contribution is 7.99. The van der Waals surface area contributed by atoms with Crippen molar-refractivity contribution in [3.63, 3.8) is 0 Å². The Labute approximate surface area is 312 Å². The molecule has 0 radical (unpaired) electrons. The number of Topliss-reactive ketones (excluding diaryl/α,β-unsaturated/α-hetero) is 1. The molecule has 12 nitrogen and oxygen atoms in total. The lowest BCUT2D eigenvalue weighted by Crippen LogP contribution is -2.51. The standard InChI is InChI=1S/C39H56N4O8S/c1-27(44)49-34(32(23-28-14-9-8-10-15-28)42-37(48)51-39(5,6)7)33(45)24-29-16-13-17-30(22-29)25-40-19-12-11-18-31(35(46)43-20-21-52-26-43)41-36(47)50-38(2,3)4/h8-10,13-17,22,31-32,34,40H,11-12,18-21,23-26H2,1-7H3,(H,41,47)(H,42,48)/t31-,32+,34-/m0/s1. The minimum atomic E-state index is -1.24. The summed E-state index contributed by atoms with van der Waals surface area (Å²) >= 11 is 1.69. The number of rotatable bonds is 17. The number of alkyl carbamates (subject to hydrolysis) is 2. The number of unbranched alkanes of at least 4 members (excludes halogenated alkanes) is 1. The fourth-order valence-corrected chi connectivity index (χ4v) is 6.57. The molecule has 1 heterocycles. The predicted octanol–water partition coefficient (Wildman–Crippen LogP) is 5.55. The summed E-state index contributed by atoms with van der Waals surface area (Å²) in [6.45, 7) is 13.7. The molecule has 3 rings (SSSR count). The number of nitrogens with one attached hydrogen (secondary N) is 3. The number of hydrogen-bond donors (Lipinski definition) is 3. The van der Waals surface area contributed by atoms with Crippen LogP contribution in [0.25, 0.3) is 0 Å². The van der Waals surface area contributed by atoms with Gasteiger partial charge in [0.1, 0.15) is 17.2 Å². The Hall–Kier alpha value is -4.10. The van der Waals surface area contributed by atoms with E-state index in [9.17, 15) is 24.0 Å². The number of carbonyl (C=O) groups is 5. The summed E-state index contributed by atoms with van der Waals surface area (Å²) in [5.74, 6) is 0.440. The molecule has 2 aromatic rings. The summed E-state index contributed by atoms with van der Waals surface area (Å²) in [4.78, 5) is 66.1. The zero-order valence-electron chi connectivity index (χ0n) is 31.6. The number of amides is 3. The van der Waals surface area contributed by atoms with Crippen LogP contribution in [0, 0.1) is 0 Å². The van der Waals surface area contributed by atoms with Crippen molar-refractivity contribution in [3.8, 4) is 0 Å². The van der Waals surface area contributed by atoms with E-state index in [0.717, 1.165) is 28.9 Å². The fourth-order valence-electron chi connectivity index (χ4n) is 5.61. The summed E-state index contributed by atoms with van der Waals surface area (Å²) in [5.41, 5.74) is 1.14. The van der Waals surface area contributed by atoms with Gasteiger partial charge in [0.05, 0.1) is 11.9 Å². The lowest BCUT2D eigenvalue weighted by atomic mass is 9.94. The second-order valence-electron chi connectivity index (χ2n) is 14.9. The van der Waals surface area contributed by atoms with Crippen LogP contribution in [0.5, 0.6) is 0 Å². The molecule has 1 aliphatic heterocycles. The van der Waals surface area contributed by atoms with Crippen molar-refractivity contribution < 1.29 is 38.2 Å². The summed E-state index contributed by atoms with van der Waals surface area (Å²) in [7, 11) is 0. The van der Waals surface area contributed by atoms with E-state index in [-0.39, 0.29) is 24.5 Å². The average molecular weight is 741 g/mol. The Morgan fingerprint density at radius 3 is 2.08 bits per heavy atom. The molecule has 0 unspecified atom stereocenters. The van der Waals surface area contributed by atoms with E-state index in [1.54, 1.807) is 58.2 Å². The van der Waals surface area contributed by atoms with Crippen molar-refractivity contribution in [2.45, 2.75) is 117 Å². The van der Waals surface area contributed by atoms with E-state index in [1.807, 2.05) is 54.6 Å². The Bertz CT molecular complexity index is 1490. The third-order valence-electron chi connectivity index (χ3n) is 7.82. The van der Waals surface area contributed by atoms with Gasteiger partial charge in [-0.3, -0.25) is 14.4 Å². The number of ketones is 1. The van der Waals surface area contributed by atoms with Crippen molar-refractivity contribution in [1.29, 1.82) is 0 Å². The molecule has 0 bridgehead atoms. The average Bonchev–Trinajstić information content (AvgIpc) is 3.58. The Morgan fingerprint density at radius 2 is 1.46 bits per heavy atom. The molecule has 13 heteroatoms. The summed E-state index contributed by atoms with van der Waals surface area (Å²) in [6.07, 6.45) is -0.317. The van der Waals surface area contributed by atoms with Gasteiger partial charge in [-0.1, -0.05) is 54.6 Å². The normalized spacial score (nSPS) is 14.9. The third kappa shape index (κ3) is 16.1. The molecule has 0 spiro atoms. The molecular weight excluding hydrogens is 685 g/mol. The maximum Gasteiger partial charge on any atom is 0.408 e. The van der Waals surface area contributed by atoms with Gasteiger partial charge in [0.25, 0.3) is 0 Å². The smallest absolute Gasteiger partial charge is 0.408 e. The monoisotopic (exact) mass is 740 g/mol. The molecule has 3 atom stereocenters.